The van der Waals surface area contributed by atoms with Crippen LogP contribution in [0.3, 0.4) is 0 Å². The van der Waals surface area contributed by atoms with Gasteiger partial charge >= 0.3 is 0 Å². The number of nitrogens with zero attached hydrogens (tertiary/aromatic N) is 2. The van der Waals surface area contributed by atoms with Gasteiger partial charge in [-0.15, -0.1) is 0 Å². The summed E-state index contributed by atoms with van der Waals surface area (Å²) in [5.41, 5.74) is 0.786. The second-order valence-corrected chi connectivity index (χ2v) is 5.04. The molecule has 1 heterocycles. The molecule has 6 nitrogen and oxygen atoms in total. The predicted molar refractivity (Wildman–Crippen MR) is 58.2 cm³/mol. The third-order valence-electron chi connectivity index (χ3n) is 1.62. The van der Waals surface area contributed by atoms with Gasteiger partial charge in [-0.2, -0.15) is 0 Å². The Morgan fingerprint density at radius 3 is 2.87 bits per heavy atom. The van der Waals surface area contributed by atoms with Gasteiger partial charge in [-0.1, -0.05) is 0 Å². The Labute approximate surface area is 92.9 Å². The first-order valence-corrected chi connectivity index (χ1v) is 6.21. The monoisotopic (exact) mass is 250 g/mol. The van der Waals surface area contributed by atoms with Crippen molar-refractivity contribution in [1.29, 1.82) is 0 Å². The molecule has 1 aromatic heterocycles. The van der Waals surface area contributed by atoms with Crippen molar-refractivity contribution in [2.45, 2.75) is 6.92 Å². The van der Waals surface area contributed by atoms with E-state index in [0.29, 0.717) is 5.82 Å². The van der Waals surface area contributed by atoms with Gasteiger partial charge < -0.3 is 5.32 Å². The van der Waals surface area contributed by atoms with Crippen LogP contribution in [0, 0.1) is 6.92 Å². The Bertz CT molecular complexity index is 448. The minimum absolute atomic E-state index is 0.110. The number of aryl methyl sites for hydroxylation is 1. The highest BCUT2D eigenvalue weighted by atomic mass is 35.5. The first-order valence-electron chi connectivity index (χ1n) is 4.12. The molecule has 8 heteroatoms. The summed E-state index contributed by atoms with van der Waals surface area (Å²) in [6.45, 7) is 1.97. The maximum Gasteiger partial charge on any atom is 0.224 e. The first kappa shape index (κ1) is 12.2. The number of rotatable bonds is 4. The molecule has 0 aliphatic carbocycles. The zero-order valence-corrected chi connectivity index (χ0v) is 9.64. The number of nitrogens with two attached hydrogens (primary N) is 1. The predicted octanol–water partition coefficient (Wildman–Crippen LogP) is 0.139. The molecule has 0 spiro atoms. The summed E-state index contributed by atoms with van der Waals surface area (Å²) in [5.74, 6) is 0.354. The van der Waals surface area contributed by atoms with Crippen molar-refractivity contribution in [2.75, 3.05) is 17.6 Å². The van der Waals surface area contributed by atoms with E-state index in [9.17, 15) is 8.42 Å². The summed E-state index contributed by atoms with van der Waals surface area (Å²) in [4.78, 5) is 7.67. The molecule has 0 amide bonds. The lowest BCUT2D eigenvalue weighted by atomic mass is 10.3. The number of primary sulfonamides is 1. The molecule has 0 radical (unpaired) electrons. The third kappa shape index (κ3) is 4.41. The molecular formula is C7H11ClN4O2S. The van der Waals surface area contributed by atoms with Crippen LogP contribution in [0.15, 0.2) is 6.20 Å². The molecule has 1 aromatic rings. The number of aromatic nitrogens is 2. The second kappa shape index (κ2) is 4.73. The lowest BCUT2D eigenvalue weighted by Crippen LogP contribution is -2.22. The Morgan fingerprint density at radius 2 is 2.27 bits per heavy atom. The lowest BCUT2D eigenvalue weighted by Gasteiger charge is -2.06. The maximum atomic E-state index is 10.7. The molecule has 0 atom stereocenters. The number of nitrogens with one attached hydrogen (secondary N) is 1. The van der Waals surface area contributed by atoms with Gasteiger partial charge in [-0.3, -0.25) is 0 Å². The van der Waals surface area contributed by atoms with Crippen molar-refractivity contribution in [3.63, 3.8) is 0 Å². The Balaban J connectivity index is 2.61. The maximum absolute atomic E-state index is 10.7. The van der Waals surface area contributed by atoms with Crippen LogP contribution < -0.4 is 10.5 Å². The number of anilines is 1. The fraction of sp³-hybridized carbons (Fsp3) is 0.429. The van der Waals surface area contributed by atoms with E-state index in [4.69, 9.17) is 16.7 Å². The Hall–Kier alpha value is -0.920. The van der Waals surface area contributed by atoms with Gasteiger partial charge in [0.05, 0.1) is 5.75 Å². The summed E-state index contributed by atoms with van der Waals surface area (Å²) in [7, 11) is -3.46. The van der Waals surface area contributed by atoms with Gasteiger partial charge in [0.1, 0.15) is 5.82 Å². The minimum atomic E-state index is -3.46. The topological polar surface area (TPSA) is 98.0 Å². The van der Waals surface area contributed by atoms with E-state index in [1.54, 1.807) is 13.1 Å². The molecule has 15 heavy (non-hydrogen) atoms. The third-order valence-corrected chi connectivity index (χ3v) is 2.58. The molecule has 0 saturated heterocycles. The van der Waals surface area contributed by atoms with E-state index >= 15 is 0 Å². The van der Waals surface area contributed by atoms with Gasteiger partial charge in [0.25, 0.3) is 0 Å². The van der Waals surface area contributed by atoms with E-state index in [0.717, 1.165) is 5.56 Å². The average molecular weight is 251 g/mol. The van der Waals surface area contributed by atoms with Gasteiger partial charge in [-0.05, 0) is 18.5 Å². The first-order chi connectivity index (χ1) is 6.88. The Morgan fingerprint density at radius 1 is 1.60 bits per heavy atom. The molecule has 0 aliphatic heterocycles. The number of hydrogen-bond acceptors (Lipinski definition) is 5. The van der Waals surface area contributed by atoms with Gasteiger partial charge in [-0.25, -0.2) is 23.5 Å². The van der Waals surface area contributed by atoms with Gasteiger partial charge in [0, 0.05) is 18.3 Å². The highest BCUT2D eigenvalue weighted by Crippen LogP contribution is 2.11. The van der Waals surface area contributed by atoms with Crippen LogP contribution in [-0.4, -0.2) is 30.7 Å². The van der Waals surface area contributed by atoms with Crippen LogP contribution in [-0.2, 0) is 10.0 Å². The average Bonchev–Trinajstić information content (AvgIpc) is 2.09. The summed E-state index contributed by atoms with van der Waals surface area (Å²) >= 11 is 5.58. The van der Waals surface area contributed by atoms with E-state index in [-0.39, 0.29) is 17.6 Å². The highest BCUT2D eigenvalue weighted by molar-refractivity contribution is 7.89. The zero-order chi connectivity index (χ0) is 11.5. The molecule has 0 fully saturated rings. The highest BCUT2D eigenvalue weighted by Gasteiger charge is 2.05. The van der Waals surface area contributed by atoms with E-state index in [2.05, 4.69) is 15.3 Å². The summed E-state index contributed by atoms with van der Waals surface area (Å²) in [5, 5.41) is 7.77. The molecule has 0 saturated carbocycles. The van der Waals surface area contributed by atoms with Gasteiger partial charge in [0.15, 0.2) is 0 Å². The van der Waals surface area contributed by atoms with Crippen molar-refractivity contribution < 1.29 is 8.42 Å². The summed E-state index contributed by atoms with van der Waals surface area (Å²) < 4.78 is 21.3. The normalized spacial score (nSPS) is 11.4. The van der Waals surface area contributed by atoms with Crippen molar-refractivity contribution in [1.82, 2.24) is 9.97 Å². The van der Waals surface area contributed by atoms with Crippen LogP contribution in [0.1, 0.15) is 5.56 Å². The smallest absolute Gasteiger partial charge is 0.224 e. The molecule has 0 aromatic carbocycles. The lowest BCUT2D eigenvalue weighted by molar-refractivity contribution is 0.598. The molecule has 3 N–H and O–H groups in total. The zero-order valence-electron chi connectivity index (χ0n) is 8.07. The standard InChI is InChI=1S/C7H11ClN4O2S/c1-5-4-11-7(8)12-6(5)10-2-3-15(9,13)14/h4H,2-3H2,1H3,(H2,9,13,14)(H,10,11,12). The fourth-order valence-corrected chi connectivity index (χ4v) is 1.43. The van der Waals surface area contributed by atoms with E-state index in [1.165, 1.54) is 0 Å². The second-order valence-electron chi connectivity index (χ2n) is 2.96. The van der Waals surface area contributed by atoms with Crippen molar-refractivity contribution in [3.05, 3.63) is 17.0 Å². The summed E-state index contributed by atoms with van der Waals surface area (Å²) in [6, 6.07) is 0. The van der Waals surface area contributed by atoms with Crippen LogP contribution in [0.4, 0.5) is 5.82 Å². The number of halogens is 1. The van der Waals surface area contributed by atoms with Gasteiger partial charge in [0.2, 0.25) is 15.3 Å². The quantitative estimate of drug-likeness (QED) is 0.741. The molecule has 84 valence electrons. The van der Waals surface area contributed by atoms with E-state index in [1.807, 2.05) is 0 Å². The van der Waals surface area contributed by atoms with Crippen LogP contribution in [0.2, 0.25) is 5.28 Å². The van der Waals surface area contributed by atoms with E-state index < -0.39 is 10.0 Å². The SMILES string of the molecule is Cc1cnc(Cl)nc1NCCS(N)(=O)=O. The number of hydrogen-bond donors (Lipinski definition) is 2. The molecule has 0 aliphatic rings. The molecular weight excluding hydrogens is 240 g/mol. The fourth-order valence-electron chi connectivity index (χ4n) is 0.911. The largest absolute Gasteiger partial charge is 0.369 e. The Kier molecular flexibility index (Phi) is 3.83. The van der Waals surface area contributed by atoms with Crippen molar-refractivity contribution in [2.24, 2.45) is 5.14 Å². The molecule has 1 rings (SSSR count). The summed E-state index contributed by atoms with van der Waals surface area (Å²) in [6.07, 6.45) is 1.55. The van der Waals surface area contributed by atoms with Crippen molar-refractivity contribution in [3.8, 4) is 0 Å². The minimum Gasteiger partial charge on any atom is -0.369 e. The van der Waals surface area contributed by atoms with Crippen LogP contribution in [0.25, 0.3) is 0 Å². The van der Waals surface area contributed by atoms with Crippen LogP contribution >= 0.6 is 11.6 Å². The van der Waals surface area contributed by atoms with Crippen molar-refractivity contribution >= 4 is 27.4 Å². The van der Waals surface area contributed by atoms with Crippen LogP contribution in [0.5, 0.6) is 0 Å². The molecule has 0 bridgehead atoms. The number of sulfonamides is 1. The molecule has 0 unspecified atom stereocenters.